The quantitative estimate of drug-likeness (QED) is 0.521. The van der Waals surface area contributed by atoms with Crippen LogP contribution in [-0.4, -0.2) is 26.4 Å². The molecule has 0 spiro atoms. The van der Waals surface area contributed by atoms with Gasteiger partial charge in [0.1, 0.15) is 5.82 Å². The lowest BCUT2D eigenvalue weighted by atomic mass is 10.2. The Morgan fingerprint density at radius 1 is 1.21 bits per heavy atom. The van der Waals surface area contributed by atoms with Crippen LogP contribution < -0.4 is 5.32 Å². The van der Waals surface area contributed by atoms with Gasteiger partial charge in [0.25, 0.3) is 0 Å². The van der Waals surface area contributed by atoms with E-state index in [1.807, 2.05) is 4.57 Å². The molecule has 0 atom stereocenters. The molecule has 1 aliphatic rings. The molecule has 1 N–H and O–H groups in total. The summed E-state index contributed by atoms with van der Waals surface area (Å²) >= 11 is 13.3. The smallest absolute Gasteiger partial charge is 0.234 e. The predicted molar refractivity (Wildman–Crippen MR) is 110 cm³/mol. The number of benzene rings is 2. The number of aromatic nitrogens is 3. The van der Waals surface area contributed by atoms with Gasteiger partial charge in [0.2, 0.25) is 5.91 Å². The summed E-state index contributed by atoms with van der Waals surface area (Å²) in [7, 11) is 0. The van der Waals surface area contributed by atoms with Crippen LogP contribution in [0, 0.1) is 5.82 Å². The Kier molecular flexibility index (Phi) is 5.57. The summed E-state index contributed by atoms with van der Waals surface area (Å²) in [6.45, 7) is 0. The van der Waals surface area contributed by atoms with Crippen molar-refractivity contribution in [2.24, 2.45) is 0 Å². The van der Waals surface area contributed by atoms with Gasteiger partial charge in [0.05, 0.1) is 22.0 Å². The maximum absolute atomic E-state index is 14.2. The molecule has 0 unspecified atom stereocenters. The second kappa shape index (κ2) is 8.11. The van der Waals surface area contributed by atoms with E-state index in [1.54, 1.807) is 36.4 Å². The fourth-order valence-corrected chi connectivity index (χ4v) is 3.92. The SMILES string of the molecule is O=C(CSc1nnc(-c2ccccc2F)n1C1CC1)Nc1cc(Cl)ccc1Cl. The van der Waals surface area contributed by atoms with Gasteiger partial charge in [-0.15, -0.1) is 10.2 Å². The molecular weight excluding hydrogens is 422 g/mol. The molecule has 2 aromatic carbocycles. The summed E-state index contributed by atoms with van der Waals surface area (Å²) in [6, 6.07) is 11.6. The molecule has 1 fully saturated rings. The molecule has 0 aliphatic heterocycles. The van der Waals surface area contributed by atoms with Crippen LogP contribution in [0.1, 0.15) is 18.9 Å². The summed E-state index contributed by atoms with van der Waals surface area (Å²) in [5, 5.41) is 12.6. The summed E-state index contributed by atoms with van der Waals surface area (Å²) in [5.74, 6) is 0.0142. The van der Waals surface area contributed by atoms with E-state index in [0.717, 1.165) is 12.8 Å². The first kappa shape index (κ1) is 19.2. The van der Waals surface area contributed by atoms with Crippen molar-refractivity contribution < 1.29 is 9.18 Å². The third-order valence-electron chi connectivity index (χ3n) is 4.23. The van der Waals surface area contributed by atoms with Gasteiger partial charge in [-0.1, -0.05) is 47.1 Å². The molecule has 1 amide bonds. The summed E-state index contributed by atoms with van der Waals surface area (Å²) in [6.07, 6.45) is 1.97. The number of nitrogens with one attached hydrogen (secondary N) is 1. The first-order valence-corrected chi connectivity index (χ1v) is 10.3. The van der Waals surface area contributed by atoms with E-state index in [9.17, 15) is 9.18 Å². The Balaban J connectivity index is 1.50. The largest absolute Gasteiger partial charge is 0.324 e. The van der Waals surface area contributed by atoms with Gasteiger partial charge in [-0.2, -0.15) is 0 Å². The molecular formula is C19H15Cl2FN4OS. The molecule has 3 aromatic rings. The minimum atomic E-state index is -0.346. The number of thioether (sulfide) groups is 1. The average Bonchev–Trinajstić information content (AvgIpc) is 3.43. The number of hydrogen-bond donors (Lipinski definition) is 1. The van der Waals surface area contributed by atoms with Gasteiger partial charge >= 0.3 is 0 Å². The Bertz CT molecular complexity index is 1040. The minimum Gasteiger partial charge on any atom is -0.324 e. The Labute approximate surface area is 175 Å². The lowest BCUT2D eigenvalue weighted by Gasteiger charge is -2.10. The van der Waals surface area contributed by atoms with Crippen molar-refractivity contribution in [3.63, 3.8) is 0 Å². The maximum atomic E-state index is 14.2. The number of carbonyl (C=O) groups excluding carboxylic acids is 1. The van der Waals surface area contributed by atoms with E-state index in [4.69, 9.17) is 23.2 Å². The van der Waals surface area contributed by atoms with Crippen molar-refractivity contribution >= 4 is 46.6 Å². The molecule has 28 heavy (non-hydrogen) atoms. The lowest BCUT2D eigenvalue weighted by Crippen LogP contribution is -2.15. The zero-order valence-electron chi connectivity index (χ0n) is 14.5. The van der Waals surface area contributed by atoms with Crippen LogP contribution in [0.3, 0.4) is 0 Å². The third kappa shape index (κ3) is 4.16. The summed E-state index contributed by atoms with van der Waals surface area (Å²) < 4.78 is 16.1. The second-order valence-corrected chi connectivity index (χ2v) is 8.13. The van der Waals surface area contributed by atoms with E-state index >= 15 is 0 Å². The Hall–Kier alpha value is -2.09. The molecule has 1 heterocycles. The Morgan fingerprint density at radius 2 is 2.00 bits per heavy atom. The number of anilines is 1. The van der Waals surface area contributed by atoms with Crippen LogP contribution in [0.2, 0.25) is 10.0 Å². The number of hydrogen-bond acceptors (Lipinski definition) is 4. The highest BCUT2D eigenvalue weighted by molar-refractivity contribution is 7.99. The number of nitrogens with zero attached hydrogens (tertiary/aromatic N) is 3. The first-order valence-electron chi connectivity index (χ1n) is 8.60. The van der Waals surface area contributed by atoms with Crippen molar-refractivity contribution in [2.75, 3.05) is 11.1 Å². The highest BCUT2D eigenvalue weighted by atomic mass is 35.5. The van der Waals surface area contributed by atoms with Crippen LogP contribution in [0.4, 0.5) is 10.1 Å². The molecule has 0 radical (unpaired) electrons. The average molecular weight is 437 g/mol. The van der Waals surface area contributed by atoms with E-state index in [0.29, 0.717) is 32.3 Å². The summed E-state index contributed by atoms with van der Waals surface area (Å²) in [5.41, 5.74) is 0.861. The fourth-order valence-electron chi connectivity index (χ4n) is 2.77. The lowest BCUT2D eigenvalue weighted by molar-refractivity contribution is -0.113. The van der Waals surface area contributed by atoms with E-state index in [1.165, 1.54) is 17.8 Å². The highest BCUT2D eigenvalue weighted by Crippen LogP contribution is 2.41. The monoisotopic (exact) mass is 436 g/mol. The highest BCUT2D eigenvalue weighted by Gasteiger charge is 2.31. The molecule has 1 aliphatic carbocycles. The van der Waals surface area contributed by atoms with Gasteiger partial charge < -0.3 is 5.32 Å². The molecule has 1 aromatic heterocycles. The van der Waals surface area contributed by atoms with Crippen LogP contribution in [0.15, 0.2) is 47.6 Å². The van der Waals surface area contributed by atoms with Gasteiger partial charge in [-0.3, -0.25) is 9.36 Å². The van der Waals surface area contributed by atoms with Crippen molar-refractivity contribution in [1.82, 2.24) is 14.8 Å². The minimum absolute atomic E-state index is 0.116. The first-order chi connectivity index (χ1) is 13.5. The number of carbonyl (C=O) groups is 1. The van der Waals surface area contributed by atoms with E-state index in [-0.39, 0.29) is 23.5 Å². The third-order valence-corrected chi connectivity index (χ3v) is 5.73. The van der Waals surface area contributed by atoms with Gasteiger partial charge in [0, 0.05) is 11.1 Å². The predicted octanol–water partition coefficient (Wildman–Crippen LogP) is 5.46. The zero-order chi connectivity index (χ0) is 19.7. The standard InChI is InChI=1S/C19H15Cl2FN4OS/c20-11-5-8-14(21)16(9-11)23-17(27)10-28-19-25-24-18(26(19)12-6-7-12)13-3-1-2-4-15(13)22/h1-5,8-9,12H,6-7,10H2,(H,23,27). The second-order valence-electron chi connectivity index (χ2n) is 6.35. The molecule has 4 rings (SSSR count). The molecule has 144 valence electrons. The van der Waals surface area contributed by atoms with Crippen molar-refractivity contribution in [2.45, 2.75) is 24.0 Å². The molecule has 0 saturated heterocycles. The number of amides is 1. The van der Waals surface area contributed by atoms with Gasteiger partial charge in [-0.05, 0) is 43.2 Å². The van der Waals surface area contributed by atoms with Crippen LogP contribution in [0.25, 0.3) is 11.4 Å². The van der Waals surface area contributed by atoms with Crippen molar-refractivity contribution in [3.8, 4) is 11.4 Å². The number of halogens is 3. The van der Waals surface area contributed by atoms with Crippen LogP contribution >= 0.6 is 35.0 Å². The molecule has 1 saturated carbocycles. The zero-order valence-corrected chi connectivity index (χ0v) is 16.9. The Morgan fingerprint density at radius 3 is 2.75 bits per heavy atom. The van der Waals surface area contributed by atoms with Gasteiger partial charge in [0.15, 0.2) is 11.0 Å². The maximum Gasteiger partial charge on any atom is 0.234 e. The van der Waals surface area contributed by atoms with Crippen molar-refractivity contribution in [3.05, 3.63) is 58.3 Å². The normalized spacial score (nSPS) is 13.5. The van der Waals surface area contributed by atoms with Crippen molar-refractivity contribution in [1.29, 1.82) is 0 Å². The molecule has 0 bridgehead atoms. The van der Waals surface area contributed by atoms with E-state index in [2.05, 4.69) is 15.5 Å². The molecule has 5 nitrogen and oxygen atoms in total. The topological polar surface area (TPSA) is 59.8 Å². The van der Waals surface area contributed by atoms with Crippen LogP contribution in [-0.2, 0) is 4.79 Å². The van der Waals surface area contributed by atoms with E-state index < -0.39 is 0 Å². The fraction of sp³-hybridized carbons (Fsp3) is 0.211. The van der Waals surface area contributed by atoms with Crippen LogP contribution in [0.5, 0.6) is 0 Å². The number of rotatable bonds is 6. The summed E-state index contributed by atoms with van der Waals surface area (Å²) in [4.78, 5) is 12.3. The molecule has 9 heteroatoms. The van der Waals surface area contributed by atoms with Gasteiger partial charge in [-0.25, -0.2) is 4.39 Å².